The van der Waals surface area contributed by atoms with E-state index >= 15 is 0 Å². The van der Waals surface area contributed by atoms with E-state index in [-0.39, 0.29) is 24.1 Å². The fourth-order valence-electron chi connectivity index (χ4n) is 1.44. The van der Waals surface area contributed by atoms with E-state index in [0.717, 1.165) is 0 Å². The number of nitrogens with one attached hydrogen (secondary N) is 1. The van der Waals surface area contributed by atoms with Crippen LogP contribution in [0.4, 0.5) is 5.69 Å². The van der Waals surface area contributed by atoms with Crippen molar-refractivity contribution in [2.24, 2.45) is 7.05 Å². The Labute approximate surface area is 114 Å². The molecule has 1 aromatic rings. The first-order valence-corrected chi connectivity index (χ1v) is 6.34. The van der Waals surface area contributed by atoms with Gasteiger partial charge in [-0.2, -0.15) is 5.10 Å². The molecule has 18 heavy (non-hydrogen) atoms. The molecule has 0 aliphatic heterocycles. The Bertz CT molecular complexity index is 498. The molecular weight excluding hydrogens is 300 g/mol. The molecule has 0 unspecified atom stereocenters. The molecule has 0 radical (unpaired) electrons. The van der Waals surface area contributed by atoms with E-state index in [1.165, 1.54) is 4.68 Å². The van der Waals surface area contributed by atoms with Gasteiger partial charge in [-0.3, -0.25) is 9.59 Å². The van der Waals surface area contributed by atoms with Crippen molar-refractivity contribution in [2.45, 2.75) is 19.9 Å². The number of aromatic nitrogens is 2. The summed E-state index contributed by atoms with van der Waals surface area (Å²) in [7, 11) is 3.31. The Kier molecular flexibility index (Phi) is 4.89. The van der Waals surface area contributed by atoms with Gasteiger partial charge in [-0.15, -0.1) is 0 Å². The lowest BCUT2D eigenvalue weighted by Crippen LogP contribution is -2.39. The van der Waals surface area contributed by atoms with Crippen LogP contribution in [-0.2, 0) is 11.8 Å². The van der Waals surface area contributed by atoms with Crippen LogP contribution in [0, 0.1) is 0 Å². The van der Waals surface area contributed by atoms with Gasteiger partial charge in [0.15, 0.2) is 0 Å². The van der Waals surface area contributed by atoms with Crippen molar-refractivity contribution >= 4 is 27.5 Å². The van der Waals surface area contributed by atoms with Crippen molar-refractivity contribution in [2.75, 3.05) is 18.5 Å². The lowest BCUT2D eigenvalue weighted by molar-refractivity contribution is -0.120. The number of anilines is 1. The van der Waals surface area contributed by atoms with E-state index < -0.39 is 0 Å². The van der Waals surface area contributed by atoms with Crippen LogP contribution in [0.25, 0.3) is 0 Å². The topological polar surface area (TPSA) is 67.2 Å². The van der Waals surface area contributed by atoms with Crippen molar-refractivity contribution in [3.8, 4) is 0 Å². The van der Waals surface area contributed by atoms with E-state index in [4.69, 9.17) is 0 Å². The van der Waals surface area contributed by atoms with Gasteiger partial charge in [-0.25, -0.2) is 4.68 Å². The third-order valence-corrected chi connectivity index (χ3v) is 3.05. The largest absolute Gasteiger partial charge is 0.363 e. The van der Waals surface area contributed by atoms with Crippen molar-refractivity contribution in [3.63, 3.8) is 0 Å². The van der Waals surface area contributed by atoms with Crippen LogP contribution in [-0.4, -0.2) is 35.3 Å². The summed E-state index contributed by atoms with van der Waals surface area (Å²) >= 11 is 3.23. The molecule has 0 atom stereocenters. The number of aryl methyl sites for hydroxylation is 1. The van der Waals surface area contributed by atoms with Crippen molar-refractivity contribution in [1.29, 1.82) is 0 Å². The second-order valence-corrected chi connectivity index (χ2v) is 5.14. The van der Waals surface area contributed by atoms with Gasteiger partial charge in [0.1, 0.15) is 4.47 Å². The summed E-state index contributed by atoms with van der Waals surface area (Å²) in [6.45, 7) is 3.97. The molecule has 0 bridgehead atoms. The maximum Gasteiger partial charge on any atom is 0.282 e. The number of hydrogen-bond donors (Lipinski definition) is 1. The summed E-state index contributed by atoms with van der Waals surface area (Å²) in [6.07, 6.45) is 1.55. The SMILES string of the molecule is CC(C)NC(=O)CN(C)c1cnn(C)c(=O)c1Br. The molecule has 1 amide bonds. The Balaban J connectivity index is 2.85. The molecule has 6 nitrogen and oxygen atoms in total. The number of carbonyl (C=O) groups is 1. The summed E-state index contributed by atoms with van der Waals surface area (Å²) < 4.78 is 1.63. The fraction of sp³-hybridized carbons (Fsp3) is 0.545. The molecule has 1 heterocycles. The highest BCUT2D eigenvalue weighted by atomic mass is 79.9. The summed E-state index contributed by atoms with van der Waals surface area (Å²) in [5.41, 5.74) is 0.362. The molecule has 0 fully saturated rings. The van der Waals surface area contributed by atoms with E-state index in [9.17, 15) is 9.59 Å². The minimum Gasteiger partial charge on any atom is -0.363 e. The van der Waals surface area contributed by atoms with Gasteiger partial charge < -0.3 is 10.2 Å². The Morgan fingerprint density at radius 3 is 2.78 bits per heavy atom. The van der Waals surface area contributed by atoms with Gasteiger partial charge >= 0.3 is 0 Å². The lowest BCUT2D eigenvalue weighted by atomic mass is 10.3. The number of carbonyl (C=O) groups excluding carboxylic acids is 1. The monoisotopic (exact) mass is 316 g/mol. The number of nitrogens with zero attached hydrogens (tertiary/aromatic N) is 3. The normalized spacial score (nSPS) is 10.6. The number of likely N-dealkylation sites (N-methyl/N-ethyl adjacent to an activating group) is 1. The highest BCUT2D eigenvalue weighted by Crippen LogP contribution is 2.19. The number of halogens is 1. The zero-order valence-electron chi connectivity index (χ0n) is 10.9. The smallest absolute Gasteiger partial charge is 0.282 e. The quantitative estimate of drug-likeness (QED) is 0.878. The summed E-state index contributed by atoms with van der Waals surface area (Å²) in [4.78, 5) is 25.0. The van der Waals surface area contributed by atoms with Gasteiger partial charge in [0.2, 0.25) is 5.91 Å². The van der Waals surface area contributed by atoms with Gasteiger partial charge in [-0.05, 0) is 29.8 Å². The molecule has 100 valence electrons. The van der Waals surface area contributed by atoms with Crippen LogP contribution in [0.2, 0.25) is 0 Å². The summed E-state index contributed by atoms with van der Waals surface area (Å²) in [5, 5.41) is 6.72. The minimum absolute atomic E-state index is 0.0936. The third-order valence-electron chi connectivity index (χ3n) is 2.30. The highest BCUT2D eigenvalue weighted by Gasteiger charge is 2.14. The third kappa shape index (κ3) is 3.56. The van der Waals surface area contributed by atoms with Gasteiger partial charge in [0, 0.05) is 20.1 Å². The van der Waals surface area contributed by atoms with Crippen LogP contribution < -0.4 is 15.8 Å². The summed E-state index contributed by atoms with van der Waals surface area (Å²) in [6, 6.07) is 0.0936. The first kappa shape index (κ1) is 14.7. The second-order valence-electron chi connectivity index (χ2n) is 4.35. The van der Waals surface area contributed by atoms with Crippen molar-refractivity contribution in [1.82, 2.24) is 15.1 Å². The average Bonchev–Trinajstić information content (AvgIpc) is 2.24. The molecular formula is C11H17BrN4O2. The molecule has 0 saturated heterocycles. The van der Waals surface area contributed by atoms with Gasteiger partial charge in [-0.1, -0.05) is 0 Å². The standard InChI is InChI=1S/C11H17BrN4O2/c1-7(2)14-9(17)6-15(3)8-5-13-16(4)11(18)10(8)12/h5,7H,6H2,1-4H3,(H,14,17). The fourth-order valence-corrected chi connectivity index (χ4v) is 2.10. The van der Waals surface area contributed by atoms with Gasteiger partial charge in [0.05, 0.1) is 18.4 Å². The lowest BCUT2D eigenvalue weighted by Gasteiger charge is -2.20. The predicted octanol–water partition coefficient (Wildman–Crippen LogP) is 0.504. The molecule has 0 aliphatic rings. The highest BCUT2D eigenvalue weighted by molar-refractivity contribution is 9.10. The van der Waals surface area contributed by atoms with Crippen LogP contribution >= 0.6 is 15.9 Å². The second kappa shape index (κ2) is 5.99. The molecule has 7 heteroatoms. The van der Waals surface area contributed by atoms with Crippen molar-refractivity contribution < 1.29 is 4.79 Å². The molecule has 0 spiro atoms. The number of rotatable bonds is 4. The molecule has 0 aliphatic carbocycles. The van der Waals surface area contributed by atoms with Crippen LogP contribution in [0.15, 0.2) is 15.5 Å². The Hall–Kier alpha value is -1.37. The predicted molar refractivity (Wildman–Crippen MR) is 73.7 cm³/mol. The van der Waals surface area contributed by atoms with E-state index in [0.29, 0.717) is 10.2 Å². The van der Waals surface area contributed by atoms with Crippen LogP contribution in [0.5, 0.6) is 0 Å². The molecule has 1 aromatic heterocycles. The molecule has 1 N–H and O–H groups in total. The Morgan fingerprint density at radius 1 is 1.61 bits per heavy atom. The number of amides is 1. The average molecular weight is 317 g/mol. The first-order chi connectivity index (χ1) is 8.32. The molecule has 1 rings (SSSR count). The summed E-state index contributed by atoms with van der Waals surface area (Å²) in [5.74, 6) is -0.0972. The van der Waals surface area contributed by atoms with E-state index in [1.54, 1.807) is 25.2 Å². The molecule has 0 saturated carbocycles. The maximum absolute atomic E-state index is 11.7. The van der Waals surface area contributed by atoms with Crippen LogP contribution in [0.1, 0.15) is 13.8 Å². The van der Waals surface area contributed by atoms with Gasteiger partial charge in [0.25, 0.3) is 5.56 Å². The van der Waals surface area contributed by atoms with Crippen LogP contribution in [0.3, 0.4) is 0 Å². The van der Waals surface area contributed by atoms with Crippen molar-refractivity contribution in [3.05, 3.63) is 21.0 Å². The maximum atomic E-state index is 11.7. The van der Waals surface area contributed by atoms with E-state index in [1.807, 2.05) is 13.8 Å². The van der Waals surface area contributed by atoms with E-state index in [2.05, 4.69) is 26.3 Å². The number of hydrogen-bond acceptors (Lipinski definition) is 4. The zero-order chi connectivity index (χ0) is 13.9. The molecule has 0 aromatic carbocycles. The Morgan fingerprint density at radius 2 is 2.22 bits per heavy atom. The minimum atomic E-state index is -0.233. The first-order valence-electron chi connectivity index (χ1n) is 5.55. The zero-order valence-corrected chi connectivity index (χ0v) is 12.5.